The lowest BCUT2D eigenvalue weighted by molar-refractivity contribution is -0.126. The zero-order valence-corrected chi connectivity index (χ0v) is 15.4. The molecule has 1 aliphatic heterocycles. The molecule has 2 heterocycles. The first-order chi connectivity index (χ1) is 12.9. The Balaban J connectivity index is 1.77. The van der Waals surface area contributed by atoms with Gasteiger partial charge in [-0.15, -0.1) is 0 Å². The lowest BCUT2D eigenvalue weighted by Crippen LogP contribution is -2.43. The number of aromatic nitrogens is 1. The molecular weight excluding hydrogens is 346 g/mol. The Morgan fingerprint density at radius 3 is 2.74 bits per heavy atom. The zero-order chi connectivity index (χ0) is 19.6. The van der Waals surface area contributed by atoms with Gasteiger partial charge in [0.1, 0.15) is 17.8 Å². The Morgan fingerprint density at radius 1 is 1.41 bits per heavy atom. The van der Waals surface area contributed by atoms with Crippen LogP contribution < -0.4 is 21.9 Å². The number of nitrogens with zero attached hydrogens (tertiary/aromatic N) is 2. The summed E-state index contributed by atoms with van der Waals surface area (Å²) in [6, 6.07) is 2.30. The van der Waals surface area contributed by atoms with Gasteiger partial charge < -0.3 is 20.9 Å². The third-order valence-electron chi connectivity index (χ3n) is 5.42. The number of nitrogens with two attached hydrogens (primary N) is 1. The molecule has 1 saturated carbocycles. The van der Waals surface area contributed by atoms with Crippen molar-refractivity contribution in [2.45, 2.75) is 51.1 Å². The van der Waals surface area contributed by atoms with E-state index in [0.29, 0.717) is 30.9 Å². The van der Waals surface area contributed by atoms with E-state index in [1.165, 1.54) is 4.57 Å². The first-order valence-electron chi connectivity index (χ1n) is 9.35. The third-order valence-corrected chi connectivity index (χ3v) is 5.42. The van der Waals surface area contributed by atoms with Gasteiger partial charge in [-0.2, -0.15) is 5.26 Å². The van der Waals surface area contributed by atoms with Crippen molar-refractivity contribution in [3.8, 4) is 6.07 Å². The summed E-state index contributed by atoms with van der Waals surface area (Å²) in [7, 11) is 0. The molecule has 144 valence electrons. The number of rotatable bonds is 7. The summed E-state index contributed by atoms with van der Waals surface area (Å²) in [6.45, 7) is 2.34. The summed E-state index contributed by atoms with van der Waals surface area (Å²) >= 11 is 0. The lowest BCUT2D eigenvalue weighted by Gasteiger charge is -2.22. The number of pyridine rings is 1. The molecule has 0 bridgehead atoms. The van der Waals surface area contributed by atoms with E-state index in [2.05, 4.69) is 16.7 Å². The second kappa shape index (κ2) is 7.82. The molecule has 3 rings (SSSR count). The fourth-order valence-corrected chi connectivity index (χ4v) is 3.49. The molecule has 8 nitrogen and oxygen atoms in total. The molecule has 0 aromatic carbocycles. The molecule has 1 aromatic heterocycles. The van der Waals surface area contributed by atoms with Crippen LogP contribution in [0, 0.1) is 30.1 Å². The monoisotopic (exact) mass is 371 g/mol. The molecule has 1 aromatic rings. The van der Waals surface area contributed by atoms with Gasteiger partial charge in [0, 0.05) is 18.7 Å². The highest BCUT2D eigenvalue weighted by molar-refractivity contribution is 5.82. The lowest BCUT2D eigenvalue weighted by atomic mass is 9.98. The van der Waals surface area contributed by atoms with Crippen molar-refractivity contribution in [1.82, 2.24) is 15.2 Å². The van der Waals surface area contributed by atoms with Gasteiger partial charge in [0.05, 0.1) is 6.07 Å². The number of hydrogen-bond acceptors (Lipinski definition) is 5. The van der Waals surface area contributed by atoms with Crippen LogP contribution in [0.4, 0.5) is 5.69 Å². The minimum atomic E-state index is -0.772. The maximum absolute atomic E-state index is 12.9. The van der Waals surface area contributed by atoms with Crippen molar-refractivity contribution in [1.29, 1.82) is 5.26 Å². The van der Waals surface area contributed by atoms with Crippen molar-refractivity contribution < 1.29 is 9.59 Å². The molecule has 0 spiro atoms. The van der Waals surface area contributed by atoms with Crippen molar-refractivity contribution >= 4 is 17.5 Å². The smallest absolute Gasteiger partial charge is 0.274 e. The Kier molecular flexibility index (Phi) is 5.49. The second-order valence-electron chi connectivity index (χ2n) is 7.52. The fraction of sp³-hybridized carbons (Fsp3) is 0.579. The molecule has 2 fully saturated rings. The van der Waals surface area contributed by atoms with Gasteiger partial charge in [0.25, 0.3) is 5.56 Å². The maximum Gasteiger partial charge on any atom is 0.274 e. The van der Waals surface area contributed by atoms with E-state index in [1.807, 2.05) is 0 Å². The molecule has 0 radical (unpaired) electrons. The van der Waals surface area contributed by atoms with E-state index < -0.39 is 12.1 Å². The van der Waals surface area contributed by atoms with Crippen molar-refractivity contribution in [3.63, 3.8) is 0 Å². The summed E-state index contributed by atoms with van der Waals surface area (Å²) in [5, 5.41) is 14.9. The molecule has 1 aliphatic carbocycles. The summed E-state index contributed by atoms with van der Waals surface area (Å²) in [6.07, 6.45) is 5.12. The molecule has 2 amide bonds. The Labute approximate surface area is 157 Å². The van der Waals surface area contributed by atoms with E-state index in [-0.39, 0.29) is 35.4 Å². The largest absolute Gasteiger partial charge is 0.394 e. The second-order valence-corrected chi connectivity index (χ2v) is 7.52. The molecular formula is C19H25N5O3. The molecule has 2 aliphatic rings. The Hall–Kier alpha value is -2.82. The molecule has 3 atom stereocenters. The first kappa shape index (κ1) is 19.0. The standard InChI is InChI=1S/C19H25N5O3/c1-11-5-7-24(19(27)16(11)21)15(8-12-2-3-12)18(26)23-14(10-20)9-13-4-6-22-17(13)25/h5,7,12-15H,2-4,6,8-9,21H2,1H3,(H,22,25)(H,23,26)/t13-,14-,15-/m0/s1. The highest BCUT2D eigenvalue weighted by atomic mass is 16.2. The van der Waals surface area contributed by atoms with Gasteiger partial charge in [-0.1, -0.05) is 12.8 Å². The van der Waals surface area contributed by atoms with Crippen LogP contribution in [0.3, 0.4) is 0 Å². The molecule has 1 saturated heterocycles. The number of nitriles is 1. The highest BCUT2D eigenvalue weighted by Gasteiger charge is 2.33. The summed E-state index contributed by atoms with van der Waals surface area (Å²) < 4.78 is 1.37. The first-order valence-corrected chi connectivity index (χ1v) is 9.35. The van der Waals surface area contributed by atoms with Crippen molar-refractivity contribution in [2.75, 3.05) is 12.3 Å². The Morgan fingerprint density at radius 2 is 2.15 bits per heavy atom. The van der Waals surface area contributed by atoms with Gasteiger partial charge in [-0.3, -0.25) is 14.4 Å². The number of carbonyl (C=O) groups is 2. The number of amides is 2. The van der Waals surface area contributed by atoms with Crippen LogP contribution in [0.15, 0.2) is 17.1 Å². The van der Waals surface area contributed by atoms with Gasteiger partial charge >= 0.3 is 0 Å². The van der Waals surface area contributed by atoms with Crippen LogP contribution in [-0.4, -0.2) is 29.0 Å². The van der Waals surface area contributed by atoms with Crippen LogP contribution in [0.5, 0.6) is 0 Å². The minimum absolute atomic E-state index is 0.0819. The van der Waals surface area contributed by atoms with E-state index in [0.717, 1.165) is 12.8 Å². The summed E-state index contributed by atoms with van der Waals surface area (Å²) in [4.78, 5) is 37.2. The zero-order valence-electron chi connectivity index (χ0n) is 15.4. The number of nitrogens with one attached hydrogen (secondary N) is 2. The van der Waals surface area contributed by atoms with Gasteiger partial charge in [0.15, 0.2) is 0 Å². The SMILES string of the molecule is Cc1ccn([C@@H](CC2CC2)C(=O)N[C@H](C#N)C[C@@H]2CCNC2=O)c(=O)c1N. The van der Waals surface area contributed by atoms with E-state index in [4.69, 9.17) is 5.73 Å². The average molecular weight is 371 g/mol. The van der Waals surface area contributed by atoms with E-state index >= 15 is 0 Å². The molecule has 4 N–H and O–H groups in total. The average Bonchev–Trinajstić information content (AvgIpc) is 3.39. The van der Waals surface area contributed by atoms with E-state index in [9.17, 15) is 19.6 Å². The predicted octanol–water partition coefficient (Wildman–Crippen LogP) is 0.615. The van der Waals surface area contributed by atoms with Crippen LogP contribution in [-0.2, 0) is 9.59 Å². The quantitative estimate of drug-likeness (QED) is 0.647. The Bertz CT molecular complexity index is 837. The summed E-state index contributed by atoms with van der Waals surface area (Å²) in [5.74, 6) is -0.329. The number of nitrogen functional groups attached to an aromatic ring is 1. The number of anilines is 1. The van der Waals surface area contributed by atoms with Crippen LogP contribution >= 0.6 is 0 Å². The van der Waals surface area contributed by atoms with Gasteiger partial charge in [0.2, 0.25) is 11.8 Å². The van der Waals surface area contributed by atoms with Crippen LogP contribution in [0.1, 0.15) is 43.7 Å². The normalized spacial score (nSPS) is 21.2. The molecule has 8 heteroatoms. The topological polar surface area (TPSA) is 130 Å². The van der Waals surface area contributed by atoms with Crippen LogP contribution in [0.2, 0.25) is 0 Å². The van der Waals surface area contributed by atoms with Gasteiger partial charge in [-0.05, 0) is 43.7 Å². The predicted molar refractivity (Wildman–Crippen MR) is 99.5 cm³/mol. The van der Waals surface area contributed by atoms with E-state index in [1.54, 1.807) is 19.2 Å². The fourth-order valence-electron chi connectivity index (χ4n) is 3.49. The number of hydrogen-bond donors (Lipinski definition) is 3. The third kappa shape index (κ3) is 4.30. The minimum Gasteiger partial charge on any atom is -0.394 e. The highest BCUT2D eigenvalue weighted by Crippen LogP contribution is 2.36. The van der Waals surface area contributed by atoms with Crippen molar-refractivity contribution in [3.05, 3.63) is 28.2 Å². The van der Waals surface area contributed by atoms with Crippen LogP contribution in [0.25, 0.3) is 0 Å². The molecule has 27 heavy (non-hydrogen) atoms. The summed E-state index contributed by atoms with van der Waals surface area (Å²) in [5.41, 5.74) is 6.27. The number of aryl methyl sites for hydroxylation is 1. The van der Waals surface area contributed by atoms with Crippen molar-refractivity contribution in [2.24, 2.45) is 11.8 Å². The van der Waals surface area contributed by atoms with Gasteiger partial charge in [-0.25, -0.2) is 0 Å². The number of carbonyl (C=O) groups excluding carboxylic acids is 2. The molecule has 0 unspecified atom stereocenters. The maximum atomic E-state index is 12.9.